The Kier molecular flexibility index (Phi) is 5.45. The molecule has 38 heavy (non-hydrogen) atoms. The van der Waals surface area contributed by atoms with Crippen LogP contribution in [0, 0.1) is 0 Å². The molecule has 181 valence electrons. The number of hydrogen-bond acceptors (Lipinski definition) is 3. The Bertz CT molecular complexity index is 1770. The van der Waals surface area contributed by atoms with Crippen LogP contribution in [-0.4, -0.2) is 18.0 Å². The Hall–Kier alpha value is -4.80. The van der Waals surface area contributed by atoms with Gasteiger partial charge in [-0.1, -0.05) is 127 Å². The predicted octanol–water partition coefficient (Wildman–Crippen LogP) is 5.42. The normalized spacial score (nSPS) is 11.7. The Morgan fingerprint density at radius 1 is 0.500 bits per heavy atom. The van der Waals surface area contributed by atoms with E-state index in [1.807, 2.05) is 24.3 Å². The van der Waals surface area contributed by atoms with Gasteiger partial charge in [0, 0.05) is 10.9 Å². The molecule has 0 saturated heterocycles. The molecule has 0 aliphatic heterocycles. The lowest BCUT2D eigenvalue weighted by atomic mass is 10.2. The lowest BCUT2D eigenvalue weighted by molar-refractivity contribution is 0.666. The quantitative estimate of drug-likeness (QED) is 0.232. The molecule has 0 atom stereocenters. The topological polar surface area (TPSA) is 38.9 Å². The van der Waals surface area contributed by atoms with Gasteiger partial charge in [0.05, 0.1) is 6.20 Å². The van der Waals surface area contributed by atoms with E-state index in [1.54, 1.807) is 6.20 Å². The van der Waals surface area contributed by atoms with Gasteiger partial charge in [0.1, 0.15) is 11.1 Å². The summed E-state index contributed by atoms with van der Waals surface area (Å²) in [6, 6.07) is 49.6. The van der Waals surface area contributed by atoms with Crippen LogP contribution in [0.2, 0.25) is 0 Å². The maximum absolute atomic E-state index is 5.98. The summed E-state index contributed by atoms with van der Waals surface area (Å²) in [7, 11) is -2.62. The molecular formula is C34H24N2OSi-. The predicted molar refractivity (Wildman–Crippen MR) is 158 cm³/mol. The van der Waals surface area contributed by atoms with Crippen molar-refractivity contribution in [3.8, 4) is 11.4 Å². The molecule has 0 aliphatic carbocycles. The molecule has 0 fully saturated rings. The SMILES string of the molecule is c1ccc([Si-](c2ccccc2)(c2ccccc2)c2cccc(-c3ncc4oc5ccccc5c4n3)c2)cc1. The van der Waals surface area contributed by atoms with E-state index in [0.717, 1.165) is 22.0 Å². The Morgan fingerprint density at radius 3 is 1.68 bits per heavy atom. The second-order valence-corrected chi connectivity index (χ2v) is 13.2. The van der Waals surface area contributed by atoms with Gasteiger partial charge in [-0.2, -0.15) is 20.7 Å². The highest BCUT2D eigenvalue weighted by molar-refractivity contribution is 7.19. The number of nitrogens with zero attached hydrogens (tertiary/aromatic N) is 2. The monoisotopic (exact) mass is 504 g/mol. The van der Waals surface area contributed by atoms with Crippen molar-refractivity contribution < 1.29 is 4.42 Å². The van der Waals surface area contributed by atoms with Gasteiger partial charge in [-0.15, -0.1) is 0 Å². The molecule has 7 rings (SSSR count). The van der Waals surface area contributed by atoms with E-state index in [1.165, 1.54) is 20.7 Å². The van der Waals surface area contributed by atoms with Crippen LogP contribution in [-0.2, 0) is 0 Å². The maximum atomic E-state index is 5.98. The molecule has 7 aromatic rings. The first-order chi connectivity index (χ1) is 18.8. The first kappa shape index (κ1) is 22.4. The number of hydrogen-bond donors (Lipinski definition) is 0. The molecule has 3 nitrogen and oxygen atoms in total. The zero-order valence-corrected chi connectivity index (χ0v) is 21.7. The second kappa shape index (κ2) is 9.25. The zero-order valence-electron chi connectivity index (χ0n) is 20.7. The minimum absolute atomic E-state index is 0.697. The first-order valence-electron chi connectivity index (χ1n) is 12.8. The fourth-order valence-corrected chi connectivity index (χ4v) is 10.4. The summed E-state index contributed by atoms with van der Waals surface area (Å²) >= 11 is 0. The third-order valence-electron chi connectivity index (χ3n) is 7.29. The van der Waals surface area contributed by atoms with E-state index in [0.29, 0.717) is 11.4 Å². The molecule has 0 amide bonds. The van der Waals surface area contributed by atoms with Crippen molar-refractivity contribution >= 4 is 50.9 Å². The number of para-hydroxylation sites is 1. The lowest BCUT2D eigenvalue weighted by Gasteiger charge is -2.47. The van der Waals surface area contributed by atoms with Crippen molar-refractivity contribution in [3.05, 3.63) is 146 Å². The highest BCUT2D eigenvalue weighted by atomic mass is 28.3. The minimum atomic E-state index is -2.62. The molecule has 4 heteroatoms. The lowest BCUT2D eigenvalue weighted by Crippen LogP contribution is -2.74. The number of furan rings is 1. The van der Waals surface area contributed by atoms with E-state index in [2.05, 4.69) is 115 Å². The molecule has 0 N–H and O–H groups in total. The van der Waals surface area contributed by atoms with Gasteiger partial charge in [-0.25, -0.2) is 9.97 Å². The summed E-state index contributed by atoms with van der Waals surface area (Å²) in [5, 5.41) is 6.31. The van der Waals surface area contributed by atoms with Crippen LogP contribution in [0.25, 0.3) is 33.5 Å². The summed E-state index contributed by atoms with van der Waals surface area (Å²) in [6.07, 6.45) is 1.79. The maximum Gasteiger partial charge on any atom is 0.172 e. The molecule has 2 heterocycles. The molecular weight excluding hydrogens is 480 g/mol. The summed E-state index contributed by atoms with van der Waals surface area (Å²) in [6.45, 7) is 0. The van der Waals surface area contributed by atoms with Crippen LogP contribution in [0.3, 0.4) is 0 Å². The van der Waals surface area contributed by atoms with Crippen molar-refractivity contribution in [2.75, 3.05) is 0 Å². The molecule has 0 spiro atoms. The number of fused-ring (bicyclic) bond motifs is 3. The van der Waals surface area contributed by atoms with Crippen LogP contribution in [0.1, 0.15) is 0 Å². The van der Waals surface area contributed by atoms with Crippen molar-refractivity contribution in [1.82, 2.24) is 9.97 Å². The summed E-state index contributed by atoms with van der Waals surface area (Å²) < 4.78 is 5.98. The molecule has 2 aromatic heterocycles. The largest absolute Gasteiger partial charge is 0.453 e. The number of aromatic nitrogens is 2. The van der Waals surface area contributed by atoms with E-state index >= 15 is 0 Å². The van der Waals surface area contributed by atoms with Crippen molar-refractivity contribution in [1.29, 1.82) is 0 Å². The van der Waals surface area contributed by atoms with Crippen molar-refractivity contribution in [2.24, 2.45) is 0 Å². The van der Waals surface area contributed by atoms with Gasteiger partial charge in [-0.3, -0.25) is 0 Å². The van der Waals surface area contributed by atoms with Crippen molar-refractivity contribution in [2.45, 2.75) is 0 Å². The van der Waals surface area contributed by atoms with Gasteiger partial charge < -0.3 is 4.42 Å². The molecule has 5 aromatic carbocycles. The standard InChI is InChI=1S/C34H24N2OSi/c1-4-14-26(15-5-1)38(27-16-6-2-7-17-27,28-18-8-3-9-19-28)29-20-12-13-25(23-29)34-35-24-32-33(36-34)30-21-10-11-22-31(30)37-32/h1-24H/q-1. The third kappa shape index (κ3) is 3.58. The number of benzene rings is 5. The van der Waals surface area contributed by atoms with Crippen LogP contribution >= 0.6 is 0 Å². The molecule has 0 aliphatic rings. The molecule has 0 saturated carbocycles. The molecule has 0 radical (unpaired) electrons. The molecule has 0 unspecified atom stereocenters. The zero-order chi connectivity index (χ0) is 25.4. The van der Waals surface area contributed by atoms with Crippen LogP contribution in [0.4, 0.5) is 0 Å². The summed E-state index contributed by atoms with van der Waals surface area (Å²) in [4.78, 5) is 9.71. The van der Waals surface area contributed by atoms with Gasteiger partial charge in [0.25, 0.3) is 0 Å². The Balaban J connectivity index is 1.49. The highest BCUT2D eigenvalue weighted by Crippen LogP contribution is 2.28. The van der Waals surface area contributed by atoms with E-state index < -0.39 is 8.07 Å². The minimum Gasteiger partial charge on any atom is -0.453 e. The van der Waals surface area contributed by atoms with Gasteiger partial charge >= 0.3 is 0 Å². The fourth-order valence-electron chi connectivity index (χ4n) is 5.60. The highest BCUT2D eigenvalue weighted by Gasteiger charge is 2.28. The van der Waals surface area contributed by atoms with E-state index in [9.17, 15) is 0 Å². The van der Waals surface area contributed by atoms with Gasteiger partial charge in [0.2, 0.25) is 0 Å². The van der Waals surface area contributed by atoms with Crippen molar-refractivity contribution in [3.63, 3.8) is 0 Å². The summed E-state index contributed by atoms with van der Waals surface area (Å²) in [5.41, 5.74) is 3.36. The third-order valence-corrected chi connectivity index (χ3v) is 12.1. The smallest absolute Gasteiger partial charge is 0.172 e. The van der Waals surface area contributed by atoms with Gasteiger partial charge in [0.15, 0.2) is 11.4 Å². The van der Waals surface area contributed by atoms with E-state index in [4.69, 9.17) is 14.4 Å². The van der Waals surface area contributed by atoms with Crippen LogP contribution in [0.5, 0.6) is 0 Å². The van der Waals surface area contributed by atoms with Gasteiger partial charge in [-0.05, 0) is 20.2 Å². The Labute approximate surface area is 222 Å². The average molecular weight is 505 g/mol. The second-order valence-electron chi connectivity index (χ2n) is 9.43. The Morgan fingerprint density at radius 2 is 1.05 bits per heavy atom. The average Bonchev–Trinajstić information content (AvgIpc) is 3.38. The van der Waals surface area contributed by atoms with Crippen LogP contribution < -0.4 is 20.7 Å². The first-order valence-corrected chi connectivity index (χ1v) is 14.8. The fraction of sp³-hybridized carbons (Fsp3) is 0. The summed E-state index contributed by atoms with van der Waals surface area (Å²) in [5.74, 6) is 0.697. The number of rotatable bonds is 5. The molecule has 0 bridgehead atoms. The van der Waals surface area contributed by atoms with Crippen LogP contribution in [0.15, 0.2) is 150 Å². The van der Waals surface area contributed by atoms with E-state index in [-0.39, 0.29) is 0 Å².